The number of amides is 1. The molecule has 1 saturated heterocycles. The Morgan fingerprint density at radius 2 is 2.00 bits per heavy atom. The molecule has 0 atom stereocenters. The Kier molecular flexibility index (Phi) is 7.97. The summed E-state index contributed by atoms with van der Waals surface area (Å²) in [5, 5.41) is 16.0. The fourth-order valence-corrected chi connectivity index (χ4v) is 5.03. The summed E-state index contributed by atoms with van der Waals surface area (Å²) in [6.45, 7) is 9.46. The zero-order valence-corrected chi connectivity index (χ0v) is 23.1. The van der Waals surface area contributed by atoms with Crippen LogP contribution in [0.1, 0.15) is 43.1 Å². The number of H-pyrrole nitrogens is 1. The van der Waals surface area contributed by atoms with Gasteiger partial charge in [0.05, 0.1) is 29.0 Å². The number of aromatic amines is 1. The number of anilines is 2. The Morgan fingerprint density at radius 1 is 1.23 bits per heavy atom. The second kappa shape index (κ2) is 11.7. The molecule has 3 aromatic heterocycles. The number of aromatic nitrogens is 3. The Bertz CT molecular complexity index is 1490. The first-order chi connectivity index (χ1) is 19.3. The molecule has 208 valence electrons. The molecule has 1 aliphatic heterocycles. The number of carbonyl (C=O) groups is 1. The Morgan fingerprint density at radius 3 is 2.70 bits per heavy atom. The molecular formula is C30H37N9O. The average Bonchev–Trinajstić information content (AvgIpc) is 3.35. The highest BCUT2D eigenvalue weighted by molar-refractivity contribution is 6.15. The van der Waals surface area contributed by atoms with Gasteiger partial charge in [-0.1, -0.05) is 13.0 Å². The molecule has 1 aliphatic carbocycles. The van der Waals surface area contributed by atoms with Crippen molar-refractivity contribution in [2.75, 3.05) is 43.9 Å². The van der Waals surface area contributed by atoms with Crippen LogP contribution in [-0.2, 0) is 4.79 Å². The van der Waals surface area contributed by atoms with Gasteiger partial charge in [-0.15, -0.1) is 0 Å². The molecule has 40 heavy (non-hydrogen) atoms. The highest BCUT2D eigenvalue weighted by Gasteiger charge is 2.25. The van der Waals surface area contributed by atoms with Crippen LogP contribution < -0.4 is 21.3 Å². The van der Waals surface area contributed by atoms with Crippen LogP contribution in [0.3, 0.4) is 0 Å². The van der Waals surface area contributed by atoms with Gasteiger partial charge in [0.1, 0.15) is 5.65 Å². The van der Waals surface area contributed by atoms with Gasteiger partial charge in [-0.25, -0.2) is 4.98 Å². The molecule has 0 aromatic carbocycles. The lowest BCUT2D eigenvalue weighted by molar-refractivity contribution is -0.126. The number of hydrogen-bond donors (Lipinski definition) is 5. The van der Waals surface area contributed by atoms with Crippen LogP contribution >= 0.6 is 0 Å². The molecule has 4 heterocycles. The molecule has 5 rings (SSSR count). The predicted molar refractivity (Wildman–Crippen MR) is 161 cm³/mol. The SMILES string of the molecule is C=CN/C=C(\C=C(/C)NC(=O)C1CCC1)c1cc(C(=N)c2cc3c(N4CCN(C)CC4)ccnc3[nH]2)c(N)cn1. The van der Waals surface area contributed by atoms with E-state index in [1.807, 2.05) is 25.1 Å². The van der Waals surface area contributed by atoms with E-state index in [-0.39, 0.29) is 17.5 Å². The summed E-state index contributed by atoms with van der Waals surface area (Å²) >= 11 is 0. The first-order valence-corrected chi connectivity index (χ1v) is 13.7. The summed E-state index contributed by atoms with van der Waals surface area (Å²) in [4.78, 5) is 29.5. The van der Waals surface area contributed by atoms with E-state index < -0.39 is 0 Å². The van der Waals surface area contributed by atoms with E-state index in [1.54, 1.807) is 30.9 Å². The molecule has 0 radical (unpaired) electrons. The zero-order chi connectivity index (χ0) is 28.2. The summed E-state index contributed by atoms with van der Waals surface area (Å²) in [6.07, 6.45) is 11.5. The van der Waals surface area contributed by atoms with Gasteiger partial charge in [-0.3, -0.25) is 15.2 Å². The molecule has 10 nitrogen and oxygen atoms in total. The van der Waals surface area contributed by atoms with Crippen LogP contribution in [0.5, 0.6) is 0 Å². The maximum Gasteiger partial charge on any atom is 0.227 e. The minimum absolute atomic E-state index is 0.0483. The van der Waals surface area contributed by atoms with Gasteiger partial charge in [-0.2, -0.15) is 0 Å². The molecule has 2 fully saturated rings. The van der Waals surface area contributed by atoms with Crippen LogP contribution in [-0.4, -0.2) is 64.7 Å². The summed E-state index contributed by atoms with van der Waals surface area (Å²) < 4.78 is 0. The second-order valence-corrected chi connectivity index (χ2v) is 10.5. The van der Waals surface area contributed by atoms with E-state index in [0.717, 1.165) is 67.7 Å². The van der Waals surface area contributed by atoms with Gasteiger partial charge in [0.15, 0.2) is 0 Å². The number of rotatable bonds is 9. The largest absolute Gasteiger partial charge is 0.397 e. The predicted octanol–water partition coefficient (Wildman–Crippen LogP) is 3.60. The van der Waals surface area contributed by atoms with Crippen LogP contribution in [0.25, 0.3) is 16.6 Å². The third-order valence-electron chi connectivity index (χ3n) is 7.65. The molecule has 10 heteroatoms. The number of nitrogens with one attached hydrogen (secondary N) is 4. The highest BCUT2D eigenvalue weighted by Crippen LogP contribution is 2.30. The Balaban J connectivity index is 1.44. The van der Waals surface area contributed by atoms with E-state index in [0.29, 0.717) is 28.3 Å². The summed E-state index contributed by atoms with van der Waals surface area (Å²) in [5.74, 6) is 0.137. The summed E-state index contributed by atoms with van der Waals surface area (Å²) in [6, 6.07) is 5.82. The molecule has 1 saturated carbocycles. The van der Waals surface area contributed by atoms with Crippen molar-refractivity contribution in [2.24, 2.45) is 5.92 Å². The number of nitrogens with two attached hydrogens (primary N) is 1. The van der Waals surface area contributed by atoms with Gasteiger partial charge < -0.3 is 31.2 Å². The average molecular weight is 540 g/mol. The normalized spacial score (nSPS) is 17.0. The van der Waals surface area contributed by atoms with Crippen molar-refractivity contribution in [1.29, 1.82) is 5.41 Å². The monoisotopic (exact) mass is 539 g/mol. The standard InChI is InChI=1S/C30H37N9O/c1-4-33-17-21(14-19(2)36-30(40)20-6-5-7-20)25-15-22(24(31)18-35-25)28(32)26-16-23-27(8-9-34-29(23)37-26)39-12-10-38(3)11-13-39/h4,8-9,14-18,20,32-33H,1,5-7,10-13,31H2,2-3H3,(H,34,37)(H,36,40)/b19-14+,21-17+,32-28?. The molecule has 6 N–H and O–H groups in total. The van der Waals surface area contributed by atoms with E-state index >= 15 is 0 Å². The van der Waals surface area contributed by atoms with E-state index in [4.69, 9.17) is 11.1 Å². The number of carbonyl (C=O) groups excluding carboxylic acids is 1. The lowest BCUT2D eigenvalue weighted by Gasteiger charge is -2.34. The van der Waals surface area contributed by atoms with Crippen molar-refractivity contribution in [3.63, 3.8) is 0 Å². The highest BCUT2D eigenvalue weighted by atomic mass is 16.1. The number of hydrogen-bond acceptors (Lipinski definition) is 8. The number of nitrogens with zero attached hydrogens (tertiary/aromatic N) is 4. The van der Waals surface area contributed by atoms with Crippen molar-refractivity contribution in [3.05, 3.63) is 78.3 Å². The Hall–Kier alpha value is -4.44. The van der Waals surface area contributed by atoms with Crippen molar-refractivity contribution < 1.29 is 4.79 Å². The third kappa shape index (κ3) is 5.76. The van der Waals surface area contributed by atoms with Crippen LogP contribution in [0.15, 0.2) is 61.3 Å². The molecule has 3 aromatic rings. The first-order valence-electron chi connectivity index (χ1n) is 13.7. The van der Waals surface area contributed by atoms with E-state index in [1.165, 1.54) is 0 Å². The Labute approximate surface area is 234 Å². The van der Waals surface area contributed by atoms with Crippen molar-refractivity contribution in [2.45, 2.75) is 26.2 Å². The third-order valence-corrected chi connectivity index (χ3v) is 7.65. The number of piperazine rings is 1. The number of nitrogen functional groups attached to an aromatic ring is 1. The number of likely N-dealkylation sites (N-methyl/N-ethyl adjacent to an activating group) is 1. The lowest BCUT2D eigenvalue weighted by atomic mass is 9.85. The van der Waals surface area contributed by atoms with E-state index in [9.17, 15) is 4.79 Å². The fraction of sp³-hybridized carbons (Fsp3) is 0.333. The van der Waals surface area contributed by atoms with Crippen molar-refractivity contribution in [3.8, 4) is 0 Å². The summed E-state index contributed by atoms with van der Waals surface area (Å²) in [5.41, 5.74) is 12.0. The molecular weight excluding hydrogens is 502 g/mol. The van der Waals surface area contributed by atoms with Crippen LogP contribution in [0.4, 0.5) is 11.4 Å². The first kappa shape index (κ1) is 27.1. The molecule has 1 amide bonds. The lowest BCUT2D eigenvalue weighted by Crippen LogP contribution is -2.44. The van der Waals surface area contributed by atoms with Gasteiger partial charge in [0, 0.05) is 72.4 Å². The minimum atomic E-state index is 0.0483. The number of pyridine rings is 2. The van der Waals surface area contributed by atoms with Crippen molar-refractivity contribution in [1.82, 2.24) is 30.5 Å². The molecule has 0 unspecified atom stereocenters. The number of allylic oxidation sites excluding steroid dienone is 3. The second-order valence-electron chi connectivity index (χ2n) is 10.5. The van der Waals surface area contributed by atoms with Crippen LogP contribution in [0.2, 0.25) is 0 Å². The quantitative estimate of drug-likeness (QED) is 0.207. The topological polar surface area (TPSA) is 139 Å². The zero-order valence-electron chi connectivity index (χ0n) is 23.1. The summed E-state index contributed by atoms with van der Waals surface area (Å²) in [7, 11) is 2.14. The van der Waals surface area contributed by atoms with Gasteiger partial charge in [0.2, 0.25) is 5.91 Å². The smallest absolute Gasteiger partial charge is 0.227 e. The maximum atomic E-state index is 12.4. The van der Waals surface area contributed by atoms with E-state index in [2.05, 4.69) is 49.0 Å². The van der Waals surface area contributed by atoms with Gasteiger partial charge >= 0.3 is 0 Å². The van der Waals surface area contributed by atoms with Gasteiger partial charge in [0.25, 0.3) is 0 Å². The minimum Gasteiger partial charge on any atom is -0.397 e. The van der Waals surface area contributed by atoms with Gasteiger partial charge in [-0.05, 0) is 57.3 Å². The molecule has 0 bridgehead atoms. The maximum absolute atomic E-state index is 12.4. The number of fused-ring (bicyclic) bond motifs is 1. The van der Waals surface area contributed by atoms with Crippen LogP contribution in [0, 0.1) is 11.3 Å². The fourth-order valence-electron chi connectivity index (χ4n) is 5.03. The van der Waals surface area contributed by atoms with Crippen molar-refractivity contribution >= 4 is 39.6 Å². The molecule has 2 aliphatic rings. The molecule has 0 spiro atoms.